The average Bonchev–Trinajstić information content (AvgIpc) is 3.25. The van der Waals surface area contributed by atoms with E-state index in [1.54, 1.807) is 0 Å². The summed E-state index contributed by atoms with van der Waals surface area (Å²) >= 11 is 1.54. The van der Waals surface area contributed by atoms with Crippen molar-refractivity contribution < 1.29 is 18.8 Å². The van der Waals surface area contributed by atoms with Gasteiger partial charge in [-0.1, -0.05) is 17.3 Å². The molecular formula is C19H17N3O4S. The predicted molar refractivity (Wildman–Crippen MR) is 97.5 cm³/mol. The highest BCUT2D eigenvalue weighted by atomic mass is 32.1. The highest BCUT2D eigenvalue weighted by Gasteiger charge is 2.30. The Bertz CT molecular complexity index is 979. The van der Waals surface area contributed by atoms with Gasteiger partial charge in [0, 0.05) is 10.8 Å². The van der Waals surface area contributed by atoms with Gasteiger partial charge in [0.15, 0.2) is 11.5 Å². The number of hydrogen-bond acceptors (Lipinski definition) is 7. The van der Waals surface area contributed by atoms with Gasteiger partial charge >= 0.3 is 0 Å². The summed E-state index contributed by atoms with van der Waals surface area (Å²) in [5.74, 6) is 2.63. The quantitative estimate of drug-likeness (QED) is 0.727. The molecule has 2 aromatic heterocycles. The second-order valence-electron chi connectivity index (χ2n) is 6.58. The van der Waals surface area contributed by atoms with Crippen molar-refractivity contribution in [2.75, 3.05) is 6.61 Å². The number of carbonyl (C=O) groups excluding carboxylic acids is 1. The minimum Gasteiger partial charge on any atom is -0.485 e. The number of carbonyl (C=O) groups is 1. The van der Waals surface area contributed by atoms with Gasteiger partial charge in [-0.2, -0.15) is 4.98 Å². The first-order valence-corrected chi connectivity index (χ1v) is 9.67. The van der Waals surface area contributed by atoms with Crippen LogP contribution in [0.5, 0.6) is 11.5 Å². The summed E-state index contributed by atoms with van der Waals surface area (Å²) in [6.45, 7) is 0.850. The van der Waals surface area contributed by atoms with E-state index in [0.717, 1.165) is 22.6 Å². The van der Waals surface area contributed by atoms with Crippen LogP contribution in [0.3, 0.4) is 0 Å². The summed E-state index contributed by atoms with van der Waals surface area (Å²) in [6, 6.07) is 11.4. The smallest absolute Gasteiger partial charge is 0.271 e. The number of aromatic nitrogens is 2. The van der Waals surface area contributed by atoms with Crippen molar-refractivity contribution in [2.45, 2.75) is 25.5 Å². The molecule has 1 amide bonds. The van der Waals surface area contributed by atoms with Crippen molar-refractivity contribution in [1.29, 1.82) is 0 Å². The third kappa shape index (κ3) is 3.40. The van der Waals surface area contributed by atoms with E-state index in [1.807, 2.05) is 36.4 Å². The van der Waals surface area contributed by atoms with Crippen molar-refractivity contribution >= 4 is 17.2 Å². The number of nitrogens with one attached hydrogen (secondary N) is 1. The number of thiophene rings is 1. The van der Waals surface area contributed by atoms with Gasteiger partial charge in [0.05, 0.1) is 11.4 Å². The number of fused-ring (bicyclic) bond motifs is 1. The number of nitrogens with zero attached hydrogens (tertiary/aromatic N) is 2. The molecule has 0 saturated heterocycles. The molecule has 0 radical (unpaired) electrons. The number of para-hydroxylation sites is 2. The van der Waals surface area contributed by atoms with Crippen LogP contribution in [0.1, 0.15) is 29.7 Å². The molecule has 1 N–H and O–H groups in total. The van der Waals surface area contributed by atoms with Gasteiger partial charge in [-0.15, -0.1) is 11.3 Å². The van der Waals surface area contributed by atoms with E-state index >= 15 is 0 Å². The van der Waals surface area contributed by atoms with E-state index in [4.69, 9.17) is 14.0 Å². The summed E-state index contributed by atoms with van der Waals surface area (Å²) in [5, 5.41) is 7.03. The van der Waals surface area contributed by atoms with Gasteiger partial charge in [-0.25, -0.2) is 0 Å². The molecule has 1 aliphatic heterocycles. The first kappa shape index (κ1) is 16.3. The molecule has 3 aromatic rings. The van der Waals surface area contributed by atoms with Gasteiger partial charge in [-0.3, -0.25) is 4.79 Å². The molecular weight excluding hydrogens is 366 g/mol. The number of amides is 1. The van der Waals surface area contributed by atoms with Crippen LogP contribution < -0.4 is 14.8 Å². The van der Waals surface area contributed by atoms with Gasteiger partial charge in [0.1, 0.15) is 6.61 Å². The lowest BCUT2D eigenvalue weighted by Crippen LogP contribution is -2.23. The Morgan fingerprint density at radius 1 is 1.19 bits per heavy atom. The number of benzene rings is 1. The number of hydrogen-bond donors (Lipinski definition) is 1. The van der Waals surface area contributed by atoms with E-state index in [2.05, 4.69) is 15.5 Å². The van der Waals surface area contributed by atoms with Crippen LogP contribution in [-0.4, -0.2) is 22.7 Å². The first-order chi connectivity index (χ1) is 13.3. The maximum atomic E-state index is 11.7. The summed E-state index contributed by atoms with van der Waals surface area (Å²) in [7, 11) is 0. The van der Waals surface area contributed by atoms with Crippen molar-refractivity contribution in [3.05, 3.63) is 47.2 Å². The van der Waals surface area contributed by atoms with E-state index in [0.29, 0.717) is 36.4 Å². The van der Waals surface area contributed by atoms with E-state index in [-0.39, 0.29) is 11.8 Å². The predicted octanol–water partition coefficient (Wildman–Crippen LogP) is 3.34. The number of rotatable bonds is 5. The van der Waals surface area contributed by atoms with Crippen LogP contribution in [0.25, 0.3) is 10.7 Å². The molecule has 0 spiro atoms. The van der Waals surface area contributed by atoms with E-state index < -0.39 is 6.10 Å². The van der Waals surface area contributed by atoms with Crippen LogP contribution in [0.15, 0.2) is 40.9 Å². The Hall–Kier alpha value is -2.87. The van der Waals surface area contributed by atoms with Crippen LogP contribution in [0.4, 0.5) is 0 Å². The lowest BCUT2D eigenvalue weighted by Gasteiger charge is -2.23. The lowest BCUT2D eigenvalue weighted by atomic mass is 10.2. The summed E-state index contributed by atoms with van der Waals surface area (Å²) in [5.41, 5.74) is 0. The molecule has 1 aliphatic carbocycles. The van der Waals surface area contributed by atoms with Crippen LogP contribution in [0, 0.1) is 5.92 Å². The largest absolute Gasteiger partial charge is 0.485 e. The highest BCUT2D eigenvalue weighted by molar-refractivity contribution is 7.15. The topological polar surface area (TPSA) is 86.5 Å². The highest BCUT2D eigenvalue weighted by Crippen LogP contribution is 2.36. The first-order valence-electron chi connectivity index (χ1n) is 8.85. The molecule has 138 valence electrons. The molecule has 1 aromatic carbocycles. The zero-order valence-corrected chi connectivity index (χ0v) is 15.2. The molecule has 2 aliphatic rings. The Balaban J connectivity index is 1.26. The fourth-order valence-electron chi connectivity index (χ4n) is 2.86. The normalized spacial score (nSPS) is 18.3. The standard InChI is InChI=1S/C19H17N3O4S/c23-18(11-5-6-11)20-9-12-7-8-16(27-12)17-21-19(26-22-17)15-10-24-13-3-1-2-4-14(13)25-15/h1-4,7-8,11,15H,5-6,9-10H2,(H,20,23)/t15-/m1/s1. The van der Waals surface area contributed by atoms with Crippen molar-refractivity contribution in [3.63, 3.8) is 0 Å². The van der Waals surface area contributed by atoms with Gasteiger partial charge < -0.3 is 19.3 Å². The monoisotopic (exact) mass is 383 g/mol. The summed E-state index contributed by atoms with van der Waals surface area (Å²) in [4.78, 5) is 18.2. The van der Waals surface area contributed by atoms with E-state index in [9.17, 15) is 4.79 Å². The fourth-order valence-corrected chi connectivity index (χ4v) is 3.74. The Morgan fingerprint density at radius 3 is 2.89 bits per heavy atom. The van der Waals surface area contributed by atoms with Crippen molar-refractivity contribution in [2.24, 2.45) is 5.92 Å². The molecule has 1 saturated carbocycles. The van der Waals surface area contributed by atoms with Gasteiger partial charge in [-0.05, 0) is 37.1 Å². The molecule has 3 heterocycles. The van der Waals surface area contributed by atoms with Crippen molar-refractivity contribution in [1.82, 2.24) is 15.5 Å². The lowest BCUT2D eigenvalue weighted by molar-refractivity contribution is -0.122. The zero-order valence-electron chi connectivity index (χ0n) is 14.4. The maximum absolute atomic E-state index is 11.7. The maximum Gasteiger partial charge on any atom is 0.271 e. The summed E-state index contributed by atoms with van der Waals surface area (Å²) < 4.78 is 17.0. The second kappa shape index (κ2) is 6.70. The average molecular weight is 383 g/mol. The molecule has 7 nitrogen and oxygen atoms in total. The minimum atomic E-state index is -0.432. The minimum absolute atomic E-state index is 0.140. The Kier molecular flexibility index (Phi) is 4.05. The fraction of sp³-hybridized carbons (Fsp3) is 0.316. The van der Waals surface area contributed by atoms with Gasteiger partial charge in [0.25, 0.3) is 5.89 Å². The molecule has 1 fully saturated rings. The third-order valence-electron chi connectivity index (χ3n) is 4.49. The molecule has 8 heteroatoms. The van der Waals surface area contributed by atoms with Crippen LogP contribution in [-0.2, 0) is 11.3 Å². The third-order valence-corrected chi connectivity index (χ3v) is 5.57. The zero-order chi connectivity index (χ0) is 18.2. The van der Waals surface area contributed by atoms with Gasteiger partial charge in [0.2, 0.25) is 17.8 Å². The molecule has 0 bridgehead atoms. The molecule has 1 atom stereocenters. The molecule has 0 unspecified atom stereocenters. The Morgan fingerprint density at radius 2 is 2.04 bits per heavy atom. The second-order valence-corrected chi connectivity index (χ2v) is 7.75. The van der Waals surface area contributed by atoms with E-state index in [1.165, 1.54) is 11.3 Å². The molecule has 27 heavy (non-hydrogen) atoms. The molecule has 5 rings (SSSR count). The van der Waals surface area contributed by atoms with Crippen molar-refractivity contribution in [3.8, 4) is 22.2 Å². The van der Waals surface area contributed by atoms with Crippen LogP contribution >= 0.6 is 11.3 Å². The van der Waals surface area contributed by atoms with Crippen LogP contribution in [0.2, 0.25) is 0 Å². The SMILES string of the molecule is O=C(NCc1ccc(-c2noc([C@H]3COc4ccccc4O3)n2)s1)C1CC1. The summed E-state index contributed by atoms with van der Waals surface area (Å²) in [6.07, 6.45) is 1.58. The number of ether oxygens (including phenoxy) is 2. The Labute approximate surface area is 159 Å².